The van der Waals surface area contributed by atoms with Gasteiger partial charge in [0.25, 0.3) is 11.5 Å². The van der Waals surface area contributed by atoms with Gasteiger partial charge in [0, 0.05) is 16.9 Å². The fourth-order valence-electron chi connectivity index (χ4n) is 1.36. The Labute approximate surface area is 113 Å². The van der Waals surface area contributed by atoms with Crippen LogP contribution in [0, 0.1) is 0 Å². The summed E-state index contributed by atoms with van der Waals surface area (Å²) in [7, 11) is 0. The monoisotopic (exact) mass is 282 g/mol. The molecule has 0 fully saturated rings. The average Bonchev–Trinajstić information content (AvgIpc) is 2.35. The van der Waals surface area contributed by atoms with E-state index in [2.05, 4.69) is 10.3 Å². The predicted octanol–water partition coefficient (Wildman–Crippen LogP) is 2.93. The largest absolute Gasteiger partial charge is 0.327 e. The number of hydrogen-bond acceptors (Lipinski definition) is 2. The number of carbonyl (C=O) groups excluding carboxylic acids is 1. The van der Waals surface area contributed by atoms with Gasteiger partial charge >= 0.3 is 0 Å². The van der Waals surface area contributed by atoms with Gasteiger partial charge in [-0.2, -0.15) is 0 Å². The number of rotatable bonds is 2. The maximum Gasteiger partial charge on any atom is 0.261 e. The third kappa shape index (κ3) is 2.91. The molecule has 92 valence electrons. The van der Waals surface area contributed by atoms with E-state index in [1.165, 1.54) is 12.3 Å². The molecule has 2 aromatic rings. The van der Waals surface area contributed by atoms with E-state index in [1.54, 1.807) is 24.3 Å². The topological polar surface area (TPSA) is 62.0 Å². The lowest BCUT2D eigenvalue weighted by Crippen LogP contribution is -2.22. The first-order valence-corrected chi connectivity index (χ1v) is 5.77. The zero-order valence-corrected chi connectivity index (χ0v) is 10.5. The van der Waals surface area contributed by atoms with Crippen molar-refractivity contribution in [3.8, 4) is 0 Å². The summed E-state index contributed by atoms with van der Waals surface area (Å²) in [5.41, 5.74) is 0.00656. The van der Waals surface area contributed by atoms with Gasteiger partial charge in [-0.3, -0.25) is 9.59 Å². The first-order valence-electron chi connectivity index (χ1n) is 5.01. The maximum atomic E-state index is 11.8. The van der Waals surface area contributed by atoms with E-state index in [1.807, 2.05) is 0 Å². The molecule has 0 unspecified atom stereocenters. The minimum Gasteiger partial charge on any atom is -0.327 e. The van der Waals surface area contributed by atoms with Crippen molar-refractivity contribution < 1.29 is 4.79 Å². The highest BCUT2D eigenvalue weighted by Gasteiger charge is 2.11. The number of H-pyrrole nitrogens is 1. The molecular weight excluding hydrogens is 275 g/mol. The van der Waals surface area contributed by atoms with Crippen molar-refractivity contribution in [3.63, 3.8) is 0 Å². The number of benzene rings is 1. The van der Waals surface area contributed by atoms with Crippen molar-refractivity contribution >= 4 is 34.8 Å². The van der Waals surface area contributed by atoms with Crippen LogP contribution in [0.3, 0.4) is 0 Å². The number of pyridine rings is 1. The molecule has 6 heteroatoms. The highest BCUT2D eigenvalue weighted by molar-refractivity contribution is 6.31. The lowest BCUT2D eigenvalue weighted by Gasteiger charge is -2.04. The summed E-state index contributed by atoms with van der Waals surface area (Å²) in [5, 5.41) is 3.43. The van der Waals surface area contributed by atoms with Crippen molar-refractivity contribution in [2.45, 2.75) is 0 Å². The Morgan fingerprint density at radius 2 is 1.78 bits per heavy atom. The number of halogens is 2. The Hall–Kier alpha value is -1.78. The maximum absolute atomic E-state index is 11.8. The van der Waals surface area contributed by atoms with Crippen LogP contribution in [0.2, 0.25) is 10.0 Å². The Kier molecular flexibility index (Phi) is 3.69. The Balaban J connectivity index is 2.24. The first kappa shape index (κ1) is 12.7. The first-order chi connectivity index (χ1) is 8.56. The number of aromatic nitrogens is 1. The fourth-order valence-corrected chi connectivity index (χ4v) is 1.65. The Morgan fingerprint density at radius 3 is 2.44 bits per heavy atom. The van der Waals surface area contributed by atoms with Gasteiger partial charge in [-0.15, -0.1) is 0 Å². The number of carbonyl (C=O) groups is 1. The number of anilines is 1. The van der Waals surface area contributed by atoms with Crippen molar-refractivity contribution in [2.24, 2.45) is 0 Å². The van der Waals surface area contributed by atoms with E-state index in [9.17, 15) is 9.59 Å². The van der Waals surface area contributed by atoms with Crippen LogP contribution in [-0.4, -0.2) is 10.9 Å². The summed E-state index contributed by atoms with van der Waals surface area (Å²) in [6.07, 6.45) is 1.32. The Morgan fingerprint density at radius 1 is 1.11 bits per heavy atom. The molecule has 18 heavy (non-hydrogen) atoms. The van der Waals surface area contributed by atoms with Crippen molar-refractivity contribution in [1.29, 1.82) is 0 Å². The smallest absolute Gasteiger partial charge is 0.261 e. The molecule has 1 aromatic carbocycles. The van der Waals surface area contributed by atoms with Crippen molar-refractivity contribution in [3.05, 3.63) is 62.5 Å². The van der Waals surface area contributed by atoms with E-state index in [4.69, 9.17) is 23.2 Å². The van der Waals surface area contributed by atoms with Crippen LogP contribution >= 0.6 is 23.2 Å². The van der Waals surface area contributed by atoms with Crippen LogP contribution in [0.25, 0.3) is 0 Å². The summed E-state index contributed by atoms with van der Waals surface area (Å²) in [4.78, 5) is 25.7. The number of hydrogen-bond donors (Lipinski definition) is 2. The third-order valence-corrected chi connectivity index (χ3v) is 2.68. The van der Waals surface area contributed by atoms with E-state index >= 15 is 0 Å². The van der Waals surface area contributed by atoms with Crippen LogP contribution < -0.4 is 10.9 Å². The van der Waals surface area contributed by atoms with Gasteiger partial charge in [0.2, 0.25) is 0 Å². The molecule has 0 saturated carbocycles. The molecule has 0 atom stereocenters. The molecule has 0 radical (unpaired) electrons. The van der Waals surface area contributed by atoms with Crippen molar-refractivity contribution in [2.75, 3.05) is 5.32 Å². The van der Waals surface area contributed by atoms with Gasteiger partial charge in [-0.25, -0.2) is 0 Å². The highest BCUT2D eigenvalue weighted by atomic mass is 35.5. The van der Waals surface area contributed by atoms with Crippen molar-refractivity contribution in [1.82, 2.24) is 4.98 Å². The summed E-state index contributed by atoms with van der Waals surface area (Å²) in [6.45, 7) is 0. The molecule has 2 N–H and O–H groups in total. The molecule has 0 saturated heterocycles. The molecular formula is C12H8Cl2N2O2. The molecule has 1 amide bonds. The second-order valence-electron chi connectivity index (χ2n) is 3.52. The SMILES string of the molecule is O=C(Nc1ccc(Cl)cc1)c1cc(Cl)c[nH]c1=O. The van der Waals surface area contributed by atoms with E-state index < -0.39 is 11.5 Å². The molecule has 4 nitrogen and oxygen atoms in total. The van der Waals surface area contributed by atoms with Gasteiger partial charge in [0.05, 0.1) is 5.02 Å². The normalized spacial score (nSPS) is 10.1. The molecule has 1 aromatic heterocycles. The lowest BCUT2D eigenvalue weighted by atomic mass is 10.2. The van der Waals surface area contributed by atoms with Crippen LogP contribution in [0.15, 0.2) is 41.3 Å². The fraction of sp³-hybridized carbons (Fsp3) is 0. The number of aromatic amines is 1. The van der Waals surface area contributed by atoms with Crippen LogP contribution in [0.4, 0.5) is 5.69 Å². The average molecular weight is 283 g/mol. The standard InChI is InChI=1S/C12H8Cl2N2O2/c13-7-1-3-9(4-2-7)16-12(18)10-5-8(14)6-15-11(10)17/h1-6H,(H,15,17)(H,16,18). The van der Waals surface area contributed by atoms with Gasteiger partial charge in [0.1, 0.15) is 5.56 Å². The number of amides is 1. The minimum atomic E-state index is -0.527. The molecule has 0 aliphatic heterocycles. The van der Waals surface area contributed by atoms with Gasteiger partial charge in [0.15, 0.2) is 0 Å². The zero-order chi connectivity index (χ0) is 13.1. The quantitative estimate of drug-likeness (QED) is 0.890. The second kappa shape index (κ2) is 5.25. The van der Waals surface area contributed by atoms with E-state index in [0.717, 1.165) is 0 Å². The molecule has 0 aliphatic carbocycles. The predicted molar refractivity (Wildman–Crippen MR) is 71.5 cm³/mol. The highest BCUT2D eigenvalue weighted by Crippen LogP contribution is 2.14. The van der Waals surface area contributed by atoms with Gasteiger partial charge < -0.3 is 10.3 Å². The van der Waals surface area contributed by atoms with Crippen LogP contribution in [-0.2, 0) is 0 Å². The van der Waals surface area contributed by atoms with Crippen LogP contribution in [0.5, 0.6) is 0 Å². The number of nitrogens with one attached hydrogen (secondary N) is 2. The zero-order valence-electron chi connectivity index (χ0n) is 9.04. The van der Waals surface area contributed by atoms with Gasteiger partial charge in [-0.1, -0.05) is 23.2 Å². The van der Waals surface area contributed by atoms with E-state index in [0.29, 0.717) is 10.7 Å². The minimum absolute atomic E-state index is 0.0440. The molecule has 1 heterocycles. The molecule has 2 rings (SSSR count). The van der Waals surface area contributed by atoms with Gasteiger partial charge in [-0.05, 0) is 30.3 Å². The summed E-state index contributed by atoms with van der Waals surface area (Å²) >= 11 is 11.4. The molecule has 0 bridgehead atoms. The molecule has 0 aliphatic rings. The lowest BCUT2D eigenvalue weighted by molar-refractivity contribution is 0.102. The summed E-state index contributed by atoms with van der Waals surface area (Å²) in [5.74, 6) is -0.527. The molecule has 0 spiro atoms. The third-order valence-electron chi connectivity index (χ3n) is 2.21. The summed E-state index contributed by atoms with van der Waals surface area (Å²) < 4.78 is 0. The summed E-state index contributed by atoms with van der Waals surface area (Å²) in [6, 6.07) is 7.86. The van der Waals surface area contributed by atoms with E-state index in [-0.39, 0.29) is 10.6 Å². The Bertz CT molecular complexity index is 635. The second-order valence-corrected chi connectivity index (χ2v) is 4.39. The van der Waals surface area contributed by atoms with Crippen LogP contribution in [0.1, 0.15) is 10.4 Å².